The summed E-state index contributed by atoms with van der Waals surface area (Å²) in [4.78, 5) is 8.74. The molecule has 12 heteroatoms. The van der Waals surface area contributed by atoms with Gasteiger partial charge in [-0.25, -0.2) is 9.97 Å². The molecule has 1 aliphatic heterocycles. The molecule has 0 fully saturated rings. The van der Waals surface area contributed by atoms with Gasteiger partial charge in [0.1, 0.15) is 22.4 Å². The van der Waals surface area contributed by atoms with E-state index in [4.69, 9.17) is 23.7 Å². The molecule has 4 aromatic rings. The minimum Gasteiger partial charge on any atom is -0.487 e. The summed E-state index contributed by atoms with van der Waals surface area (Å²) in [5.41, 5.74) is 2.40. The van der Waals surface area contributed by atoms with Crippen LogP contribution in [0, 0.1) is 0 Å². The quantitative estimate of drug-likeness (QED) is 0.292. The van der Waals surface area contributed by atoms with E-state index in [0.29, 0.717) is 76.0 Å². The Morgan fingerprint density at radius 1 is 0.579 bits per heavy atom. The van der Waals surface area contributed by atoms with Crippen LogP contribution in [0.1, 0.15) is 0 Å². The third-order valence-electron chi connectivity index (χ3n) is 5.53. The van der Waals surface area contributed by atoms with Crippen LogP contribution >= 0.6 is 31.9 Å². The maximum Gasteiger partial charge on any atom is 0.170 e. The van der Waals surface area contributed by atoms with E-state index < -0.39 is 0 Å². The van der Waals surface area contributed by atoms with Crippen LogP contribution < -0.4 is 9.47 Å². The summed E-state index contributed by atoms with van der Waals surface area (Å²) >= 11 is 6.80. The average Bonchev–Trinajstić information content (AvgIpc) is 3.37. The maximum atomic E-state index is 6.10. The highest BCUT2D eigenvalue weighted by Crippen LogP contribution is 2.34. The SMILES string of the molecule is Brc1ccc(-c2nnc(-c3ccc(Br)nc3)n2-c2ccc3c(c2)OCCOCCOCCOCCO3)cn1. The number of hydrogen-bond acceptors (Lipinski definition) is 9. The monoisotopic (exact) mass is 645 g/mol. The Labute approximate surface area is 236 Å². The van der Waals surface area contributed by atoms with Crippen molar-refractivity contribution in [1.82, 2.24) is 24.7 Å². The van der Waals surface area contributed by atoms with Crippen LogP contribution in [0.2, 0.25) is 0 Å². The fourth-order valence-corrected chi connectivity index (χ4v) is 4.22. The zero-order valence-electron chi connectivity index (χ0n) is 20.4. The van der Waals surface area contributed by atoms with Crippen molar-refractivity contribution in [2.75, 3.05) is 52.9 Å². The van der Waals surface area contributed by atoms with Gasteiger partial charge >= 0.3 is 0 Å². The highest BCUT2D eigenvalue weighted by atomic mass is 79.9. The minimum absolute atomic E-state index is 0.353. The molecule has 0 aliphatic carbocycles. The molecular formula is C26H25Br2N5O5. The van der Waals surface area contributed by atoms with Crippen LogP contribution in [0.5, 0.6) is 11.5 Å². The minimum atomic E-state index is 0.353. The number of fused-ring (bicyclic) bond motifs is 1. The summed E-state index contributed by atoms with van der Waals surface area (Å²) in [7, 11) is 0. The van der Waals surface area contributed by atoms with E-state index in [9.17, 15) is 0 Å². The van der Waals surface area contributed by atoms with Crippen LogP contribution in [0.4, 0.5) is 0 Å². The molecule has 198 valence electrons. The van der Waals surface area contributed by atoms with Gasteiger partial charge in [-0.15, -0.1) is 10.2 Å². The van der Waals surface area contributed by atoms with Gasteiger partial charge < -0.3 is 23.7 Å². The number of ether oxygens (including phenoxy) is 5. The summed E-state index contributed by atoms with van der Waals surface area (Å²) in [6.45, 7) is 3.61. The van der Waals surface area contributed by atoms with Gasteiger partial charge in [0, 0.05) is 29.6 Å². The molecule has 5 rings (SSSR count). The lowest BCUT2D eigenvalue weighted by Gasteiger charge is -2.16. The molecule has 10 nitrogen and oxygen atoms in total. The maximum absolute atomic E-state index is 6.10. The van der Waals surface area contributed by atoms with Crippen molar-refractivity contribution < 1.29 is 23.7 Å². The first-order valence-corrected chi connectivity index (χ1v) is 13.6. The van der Waals surface area contributed by atoms with E-state index in [0.717, 1.165) is 26.0 Å². The zero-order chi connectivity index (χ0) is 26.2. The number of benzene rings is 1. The summed E-state index contributed by atoms with van der Waals surface area (Å²) in [5, 5.41) is 9.03. The number of hydrogen-bond donors (Lipinski definition) is 0. The average molecular weight is 647 g/mol. The van der Waals surface area contributed by atoms with E-state index in [-0.39, 0.29) is 0 Å². The first-order valence-electron chi connectivity index (χ1n) is 12.0. The Kier molecular flexibility index (Phi) is 9.31. The number of aromatic nitrogens is 5. The van der Waals surface area contributed by atoms with Crippen molar-refractivity contribution in [1.29, 1.82) is 0 Å². The van der Waals surface area contributed by atoms with Crippen molar-refractivity contribution in [3.63, 3.8) is 0 Å². The molecule has 0 spiro atoms. The molecule has 4 heterocycles. The number of nitrogens with zero attached hydrogens (tertiary/aromatic N) is 5. The summed E-state index contributed by atoms with van der Waals surface area (Å²) < 4.78 is 32.2. The smallest absolute Gasteiger partial charge is 0.170 e. The third-order valence-corrected chi connectivity index (χ3v) is 6.47. The molecule has 38 heavy (non-hydrogen) atoms. The summed E-state index contributed by atoms with van der Waals surface area (Å²) in [5.74, 6) is 2.43. The van der Waals surface area contributed by atoms with Crippen molar-refractivity contribution >= 4 is 31.9 Å². The van der Waals surface area contributed by atoms with E-state index >= 15 is 0 Å². The number of rotatable bonds is 3. The first-order chi connectivity index (χ1) is 18.7. The molecular weight excluding hydrogens is 622 g/mol. The van der Waals surface area contributed by atoms with Gasteiger partial charge in [-0.05, 0) is 68.3 Å². The highest BCUT2D eigenvalue weighted by molar-refractivity contribution is 9.10. The van der Waals surface area contributed by atoms with Gasteiger partial charge in [-0.2, -0.15) is 0 Å². The molecule has 0 unspecified atom stereocenters. The van der Waals surface area contributed by atoms with Gasteiger partial charge in [-0.1, -0.05) is 0 Å². The topological polar surface area (TPSA) is 103 Å². The number of halogens is 2. The lowest BCUT2D eigenvalue weighted by molar-refractivity contribution is 0.00708. The fourth-order valence-electron chi connectivity index (χ4n) is 3.75. The van der Waals surface area contributed by atoms with Gasteiger partial charge in [0.05, 0.1) is 45.3 Å². The lowest BCUT2D eigenvalue weighted by Crippen LogP contribution is -2.13. The first kappa shape index (κ1) is 26.7. The second-order valence-corrected chi connectivity index (χ2v) is 9.71. The second kappa shape index (κ2) is 13.3. The molecule has 3 aromatic heterocycles. The molecule has 0 saturated heterocycles. The Bertz CT molecular complexity index is 1270. The molecule has 1 aliphatic rings. The Morgan fingerprint density at radius 3 is 1.58 bits per heavy atom. The molecule has 0 amide bonds. The van der Waals surface area contributed by atoms with Crippen molar-refractivity contribution in [3.05, 3.63) is 64.1 Å². The van der Waals surface area contributed by atoms with E-state index in [2.05, 4.69) is 52.0 Å². The molecule has 0 atom stereocenters. The summed E-state index contributed by atoms with van der Waals surface area (Å²) in [6, 6.07) is 13.3. The van der Waals surface area contributed by atoms with Crippen molar-refractivity contribution in [3.8, 4) is 40.0 Å². The summed E-state index contributed by atoms with van der Waals surface area (Å²) in [6.07, 6.45) is 3.49. The Hall–Kier alpha value is -2.90. The predicted octanol–water partition coefficient (Wildman–Crippen LogP) is 4.74. The molecule has 0 radical (unpaired) electrons. The van der Waals surface area contributed by atoms with Crippen LogP contribution in [-0.4, -0.2) is 77.6 Å². The van der Waals surface area contributed by atoms with E-state index in [1.165, 1.54) is 0 Å². The van der Waals surface area contributed by atoms with Crippen molar-refractivity contribution in [2.24, 2.45) is 0 Å². The Balaban J connectivity index is 1.53. The van der Waals surface area contributed by atoms with Gasteiger partial charge in [-0.3, -0.25) is 4.57 Å². The fraction of sp³-hybridized carbons (Fsp3) is 0.308. The van der Waals surface area contributed by atoms with Crippen LogP contribution in [0.25, 0.3) is 28.5 Å². The molecule has 0 N–H and O–H groups in total. The van der Waals surface area contributed by atoms with E-state index in [1.54, 1.807) is 12.4 Å². The lowest BCUT2D eigenvalue weighted by atomic mass is 10.2. The largest absolute Gasteiger partial charge is 0.487 e. The number of pyridine rings is 2. The third kappa shape index (κ3) is 6.75. The predicted molar refractivity (Wildman–Crippen MR) is 147 cm³/mol. The normalized spacial score (nSPS) is 15.4. The van der Waals surface area contributed by atoms with Crippen LogP contribution in [0.15, 0.2) is 64.1 Å². The van der Waals surface area contributed by atoms with Gasteiger partial charge in [0.25, 0.3) is 0 Å². The Morgan fingerprint density at radius 2 is 1.08 bits per heavy atom. The zero-order valence-corrected chi connectivity index (χ0v) is 23.6. The molecule has 0 bridgehead atoms. The second-order valence-electron chi connectivity index (χ2n) is 8.09. The van der Waals surface area contributed by atoms with Gasteiger partial charge in [0.15, 0.2) is 23.1 Å². The van der Waals surface area contributed by atoms with Crippen LogP contribution in [-0.2, 0) is 14.2 Å². The van der Waals surface area contributed by atoms with Gasteiger partial charge in [0.2, 0.25) is 0 Å². The highest BCUT2D eigenvalue weighted by Gasteiger charge is 2.20. The molecule has 0 saturated carbocycles. The standard InChI is InChI=1S/C26H25Br2N5O5/c27-23-5-1-18(16-29-23)25-31-32-26(19-2-6-24(28)30-17-19)33(25)20-3-4-21-22(15-20)38-14-12-36-10-8-34-7-9-35-11-13-37-21/h1-6,15-17H,7-14H2. The van der Waals surface area contributed by atoms with Crippen molar-refractivity contribution in [2.45, 2.75) is 0 Å². The van der Waals surface area contributed by atoms with E-state index in [1.807, 2.05) is 47.0 Å². The molecule has 1 aromatic carbocycles. The van der Waals surface area contributed by atoms with Crippen LogP contribution in [0.3, 0.4) is 0 Å².